The summed E-state index contributed by atoms with van der Waals surface area (Å²) >= 11 is 0. The predicted molar refractivity (Wildman–Crippen MR) is 138 cm³/mol. The Kier molecular flexibility index (Phi) is 6.29. The standard InChI is InChI=1S/C28H25F3N4O4/c29-28(30,31)21-6-3-5-18-20(15-35(25(18)21)14-16(36)13-34-8-10-39-11-9-34)24-23(26(37)33-27(24)38)19-12-32-22-7-2-1-4-17(19)22/h1-7,12,15-16,32,36H,8-11,13-14H2,(H,33,37,38). The maximum absolute atomic E-state index is 14.2. The van der Waals surface area contributed by atoms with Gasteiger partial charge in [-0.2, -0.15) is 13.2 Å². The van der Waals surface area contributed by atoms with E-state index >= 15 is 0 Å². The Bertz CT molecular complexity index is 1630. The summed E-state index contributed by atoms with van der Waals surface area (Å²) in [6.07, 6.45) is -2.60. The van der Waals surface area contributed by atoms with Gasteiger partial charge in [-0.3, -0.25) is 19.8 Å². The van der Waals surface area contributed by atoms with E-state index in [1.165, 1.54) is 22.9 Å². The van der Waals surface area contributed by atoms with Crippen LogP contribution in [0.15, 0.2) is 54.9 Å². The van der Waals surface area contributed by atoms with E-state index in [0.717, 1.165) is 11.6 Å². The molecule has 2 amide bonds. The van der Waals surface area contributed by atoms with Crippen molar-refractivity contribution in [2.75, 3.05) is 32.8 Å². The summed E-state index contributed by atoms with van der Waals surface area (Å²) in [5, 5.41) is 14.1. The molecule has 8 nitrogen and oxygen atoms in total. The predicted octanol–water partition coefficient (Wildman–Crippen LogP) is 3.40. The van der Waals surface area contributed by atoms with Gasteiger partial charge >= 0.3 is 6.18 Å². The number of aliphatic hydroxyl groups is 1. The van der Waals surface area contributed by atoms with Crippen molar-refractivity contribution in [1.82, 2.24) is 19.8 Å². The van der Waals surface area contributed by atoms with Crippen LogP contribution in [0.5, 0.6) is 0 Å². The van der Waals surface area contributed by atoms with Gasteiger partial charge in [-0.25, -0.2) is 0 Å². The lowest BCUT2D eigenvalue weighted by Crippen LogP contribution is -2.42. The number of halogens is 3. The number of carbonyl (C=O) groups excluding carboxylic acids is 2. The van der Waals surface area contributed by atoms with E-state index in [1.807, 2.05) is 17.0 Å². The number of fused-ring (bicyclic) bond motifs is 2. The number of rotatable bonds is 6. The lowest BCUT2D eigenvalue weighted by atomic mass is 9.95. The molecule has 6 rings (SSSR count). The minimum Gasteiger partial charge on any atom is -0.390 e. The number of β-amino-alcohol motifs (C(OH)–C–C–N with tert-alkyl or cyclic N) is 1. The first-order chi connectivity index (χ1) is 18.7. The number of ether oxygens (including phenoxy) is 1. The molecule has 0 spiro atoms. The van der Waals surface area contributed by atoms with E-state index in [2.05, 4.69) is 10.3 Å². The molecule has 202 valence electrons. The highest BCUT2D eigenvalue weighted by atomic mass is 19.4. The zero-order valence-electron chi connectivity index (χ0n) is 20.7. The number of alkyl halides is 3. The average molecular weight is 539 g/mol. The Morgan fingerprint density at radius 1 is 0.923 bits per heavy atom. The molecule has 0 radical (unpaired) electrons. The first-order valence-electron chi connectivity index (χ1n) is 12.6. The zero-order chi connectivity index (χ0) is 27.3. The van der Waals surface area contributed by atoms with Crippen LogP contribution in [-0.4, -0.2) is 70.3 Å². The molecule has 1 unspecified atom stereocenters. The second kappa shape index (κ2) is 9.67. The van der Waals surface area contributed by atoms with Crippen LogP contribution in [0, 0.1) is 0 Å². The normalized spacial score (nSPS) is 17.9. The summed E-state index contributed by atoms with van der Waals surface area (Å²) in [4.78, 5) is 31.3. The highest BCUT2D eigenvalue weighted by Gasteiger charge is 2.38. The van der Waals surface area contributed by atoms with Crippen molar-refractivity contribution >= 4 is 44.8 Å². The summed E-state index contributed by atoms with van der Waals surface area (Å²) in [5.41, 5.74) is 0.461. The number of para-hydroxylation sites is 2. The molecule has 4 heterocycles. The lowest BCUT2D eigenvalue weighted by molar-refractivity contribution is -0.136. The van der Waals surface area contributed by atoms with Gasteiger partial charge in [-0.15, -0.1) is 0 Å². The van der Waals surface area contributed by atoms with Gasteiger partial charge < -0.3 is 19.4 Å². The minimum atomic E-state index is -4.68. The smallest absolute Gasteiger partial charge is 0.390 e. The molecule has 11 heteroatoms. The summed E-state index contributed by atoms with van der Waals surface area (Å²) in [5.74, 6) is -1.31. The minimum absolute atomic E-state index is 0.00417. The van der Waals surface area contributed by atoms with Crippen LogP contribution < -0.4 is 5.32 Å². The van der Waals surface area contributed by atoms with Crippen molar-refractivity contribution in [2.45, 2.75) is 18.8 Å². The number of benzene rings is 2. The summed E-state index contributed by atoms with van der Waals surface area (Å²) in [7, 11) is 0. The number of amides is 2. The van der Waals surface area contributed by atoms with Crippen LogP contribution in [0.1, 0.15) is 16.7 Å². The summed E-state index contributed by atoms with van der Waals surface area (Å²) < 4.78 is 49.2. The number of aromatic amines is 1. The largest absolute Gasteiger partial charge is 0.418 e. The van der Waals surface area contributed by atoms with Crippen molar-refractivity contribution in [2.24, 2.45) is 0 Å². The van der Waals surface area contributed by atoms with E-state index < -0.39 is 29.7 Å². The Morgan fingerprint density at radius 2 is 1.62 bits per heavy atom. The van der Waals surface area contributed by atoms with Gasteiger partial charge in [0.1, 0.15) is 0 Å². The van der Waals surface area contributed by atoms with Crippen molar-refractivity contribution < 1.29 is 32.6 Å². The molecule has 2 aromatic carbocycles. The van der Waals surface area contributed by atoms with Crippen LogP contribution in [0.25, 0.3) is 33.0 Å². The van der Waals surface area contributed by atoms with Gasteiger partial charge in [0.05, 0.1) is 41.5 Å². The first kappa shape index (κ1) is 25.4. The highest BCUT2D eigenvalue weighted by molar-refractivity contribution is 6.50. The molecule has 0 aliphatic carbocycles. The van der Waals surface area contributed by atoms with E-state index in [9.17, 15) is 27.9 Å². The van der Waals surface area contributed by atoms with Gasteiger partial charge in [-0.1, -0.05) is 30.3 Å². The first-order valence-corrected chi connectivity index (χ1v) is 12.6. The fourth-order valence-electron chi connectivity index (χ4n) is 5.55. The Labute approximate surface area is 220 Å². The molecule has 1 saturated heterocycles. The maximum atomic E-state index is 14.2. The molecular formula is C28H25F3N4O4. The summed E-state index contributed by atoms with van der Waals surface area (Å²) in [6.45, 7) is 2.41. The molecule has 3 N–H and O–H groups in total. The second-order valence-corrected chi connectivity index (χ2v) is 9.74. The molecular weight excluding hydrogens is 513 g/mol. The number of morpholine rings is 1. The Balaban J connectivity index is 1.52. The number of aliphatic hydroxyl groups excluding tert-OH is 1. The maximum Gasteiger partial charge on any atom is 0.418 e. The monoisotopic (exact) mass is 538 g/mol. The Morgan fingerprint density at radius 3 is 2.36 bits per heavy atom. The van der Waals surface area contributed by atoms with Crippen LogP contribution >= 0.6 is 0 Å². The van der Waals surface area contributed by atoms with Crippen molar-refractivity contribution in [3.05, 3.63) is 71.5 Å². The number of aromatic nitrogens is 2. The van der Waals surface area contributed by atoms with Crippen LogP contribution in [-0.2, 0) is 27.0 Å². The van der Waals surface area contributed by atoms with Crippen molar-refractivity contribution in [3.63, 3.8) is 0 Å². The van der Waals surface area contributed by atoms with E-state index in [4.69, 9.17) is 4.74 Å². The van der Waals surface area contributed by atoms with Gasteiger partial charge in [0.15, 0.2) is 0 Å². The second-order valence-electron chi connectivity index (χ2n) is 9.74. The molecule has 39 heavy (non-hydrogen) atoms. The molecule has 1 fully saturated rings. The number of H-pyrrole nitrogens is 1. The molecule has 2 aromatic heterocycles. The molecule has 4 aromatic rings. The highest BCUT2D eigenvalue weighted by Crippen LogP contribution is 2.42. The molecule has 2 aliphatic rings. The molecule has 2 aliphatic heterocycles. The number of imide groups is 1. The quantitative estimate of drug-likeness (QED) is 0.327. The van der Waals surface area contributed by atoms with E-state index in [-0.39, 0.29) is 40.7 Å². The fourth-order valence-corrected chi connectivity index (χ4v) is 5.55. The number of carbonyl (C=O) groups is 2. The average Bonchev–Trinajstić information content (AvgIpc) is 3.56. The van der Waals surface area contributed by atoms with E-state index in [1.54, 1.807) is 18.3 Å². The third-order valence-corrected chi connectivity index (χ3v) is 7.24. The number of nitrogens with one attached hydrogen (secondary N) is 2. The van der Waals surface area contributed by atoms with E-state index in [0.29, 0.717) is 37.3 Å². The molecule has 0 saturated carbocycles. The number of hydrogen-bond acceptors (Lipinski definition) is 5. The van der Waals surface area contributed by atoms with Gasteiger partial charge in [0, 0.05) is 66.0 Å². The fraction of sp³-hybridized carbons (Fsp3) is 0.286. The lowest BCUT2D eigenvalue weighted by Gasteiger charge is -2.28. The topological polar surface area (TPSA) is 99.6 Å². The third kappa shape index (κ3) is 4.52. The SMILES string of the molecule is O=C1NC(=O)C(c2cn(CC(O)CN3CCOCC3)c3c(C(F)(F)F)cccc23)=C1c1c[nH]c2ccccc12. The summed E-state index contributed by atoms with van der Waals surface area (Å²) in [6, 6.07) is 11.0. The number of nitrogens with zero attached hydrogens (tertiary/aromatic N) is 2. The van der Waals surface area contributed by atoms with Gasteiger partial charge in [0.2, 0.25) is 0 Å². The zero-order valence-corrected chi connectivity index (χ0v) is 20.7. The Hall–Kier alpha value is -3.93. The van der Waals surface area contributed by atoms with Crippen LogP contribution in [0.2, 0.25) is 0 Å². The van der Waals surface area contributed by atoms with Gasteiger partial charge in [0.25, 0.3) is 11.8 Å². The van der Waals surface area contributed by atoms with Crippen molar-refractivity contribution in [3.8, 4) is 0 Å². The molecule has 0 bridgehead atoms. The van der Waals surface area contributed by atoms with Gasteiger partial charge in [-0.05, 0) is 12.1 Å². The van der Waals surface area contributed by atoms with Crippen LogP contribution in [0.3, 0.4) is 0 Å². The van der Waals surface area contributed by atoms with Crippen LogP contribution in [0.4, 0.5) is 13.2 Å². The number of hydrogen-bond donors (Lipinski definition) is 3. The third-order valence-electron chi connectivity index (χ3n) is 7.24. The van der Waals surface area contributed by atoms with Crippen molar-refractivity contribution in [1.29, 1.82) is 0 Å². The molecule has 1 atom stereocenters.